The second-order valence-electron chi connectivity index (χ2n) is 4.79. The second kappa shape index (κ2) is 5.96. The molecule has 0 fully saturated rings. The van der Waals surface area contributed by atoms with Gasteiger partial charge in [-0.15, -0.1) is 0 Å². The maximum atomic E-state index is 12.2. The Morgan fingerprint density at radius 1 is 0.850 bits per heavy atom. The Bertz CT molecular complexity index is 650. The van der Waals surface area contributed by atoms with Crippen molar-refractivity contribution in [3.8, 4) is 0 Å². The molecule has 0 bridgehead atoms. The summed E-state index contributed by atoms with van der Waals surface area (Å²) < 4.78 is 27.0. The molecule has 20 heavy (non-hydrogen) atoms. The number of sulfonamides is 1. The minimum absolute atomic E-state index is 0.246. The largest absolute Gasteiger partial charge is 0.383 e. The van der Waals surface area contributed by atoms with Crippen LogP contribution in [0.4, 0.5) is 11.4 Å². The standard InChI is InChI=1S/C15H18N2O2S/c1-12(2)16-13-8-10-15(11-9-13)20(18,19)17-14-6-4-3-5-7-14/h3-12,16-17H,1-2H3. The van der Waals surface area contributed by atoms with E-state index in [0.717, 1.165) is 5.69 Å². The Balaban J connectivity index is 2.17. The van der Waals surface area contributed by atoms with E-state index in [4.69, 9.17) is 0 Å². The van der Waals surface area contributed by atoms with E-state index in [1.165, 1.54) is 0 Å². The van der Waals surface area contributed by atoms with Gasteiger partial charge in [0.25, 0.3) is 10.0 Å². The van der Waals surface area contributed by atoms with Crippen molar-refractivity contribution in [3.63, 3.8) is 0 Å². The maximum absolute atomic E-state index is 12.2. The van der Waals surface area contributed by atoms with Gasteiger partial charge in [-0.2, -0.15) is 0 Å². The molecule has 0 aliphatic heterocycles. The van der Waals surface area contributed by atoms with E-state index in [1.54, 1.807) is 48.5 Å². The van der Waals surface area contributed by atoms with E-state index in [0.29, 0.717) is 11.7 Å². The molecule has 0 unspecified atom stereocenters. The van der Waals surface area contributed by atoms with E-state index in [2.05, 4.69) is 10.0 Å². The van der Waals surface area contributed by atoms with Crippen LogP contribution in [0, 0.1) is 0 Å². The summed E-state index contributed by atoms with van der Waals surface area (Å²) in [6.07, 6.45) is 0. The number of hydrogen-bond donors (Lipinski definition) is 2. The van der Waals surface area contributed by atoms with E-state index < -0.39 is 10.0 Å². The molecule has 0 aliphatic carbocycles. The molecule has 0 amide bonds. The van der Waals surface area contributed by atoms with Gasteiger partial charge in [-0.25, -0.2) is 8.42 Å². The predicted molar refractivity (Wildman–Crippen MR) is 82.5 cm³/mol. The van der Waals surface area contributed by atoms with Gasteiger partial charge < -0.3 is 5.32 Å². The second-order valence-corrected chi connectivity index (χ2v) is 6.48. The smallest absolute Gasteiger partial charge is 0.261 e. The van der Waals surface area contributed by atoms with Crippen molar-refractivity contribution < 1.29 is 8.42 Å². The fourth-order valence-electron chi connectivity index (χ4n) is 1.78. The van der Waals surface area contributed by atoms with Crippen molar-refractivity contribution in [3.05, 3.63) is 54.6 Å². The lowest BCUT2D eigenvalue weighted by atomic mass is 10.3. The lowest BCUT2D eigenvalue weighted by Gasteiger charge is -2.11. The minimum atomic E-state index is -3.54. The maximum Gasteiger partial charge on any atom is 0.261 e. The van der Waals surface area contributed by atoms with Gasteiger partial charge in [0, 0.05) is 17.4 Å². The van der Waals surface area contributed by atoms with Crippen LogP contribution in [-0.2, 0) is 10.0 Å². The molecule has 0 radical (unpaired) electrons. The Kier molecular flexibility index (Phi) is 4.29. The highest BCUT2D eigenvalue weighted by molar-refractivity contribution is 7.92. The molecule has 4 nitrogen and oxygen atoms in total. The van der Waals surface area contributed by atoms with Crippen molar-refractivity contribution in [1.82, 2.24) is 0 Å². The molecule has 0 heterocycles. The van der Waals surface area contributed by atoms with Gasteiger partial charge in [0.15, 0.2) is 0 Å². The van der Waals surface area contributed by atoms with Gasteiger partial charge in [0.1, 0.15) is 0 Å². The third kappa shape index (κ3) is 3.74. The first-order valence-electron chi connectivity index (χ1n) is 6.42. The average molecular weight is 290 g/mol. The van der Waals surface area contributed by atoms with Crippen molar-refractivity contribution in [1.29, 1.82) is 0 Å². The highest BCUT2D eigenvalue weighted by Crippen LogP contribution is 2.18. The number of benzene rings is 2. The highest BCUT2D eigenvalue weighted by Gasteiger charge is 2.13. The quantitative estimate of drug-likeness (QED) is 0.888. The molecule has 106 valence electrons. The predicted octanol–water partition coefficient (Wildman–Crippen LogP) is 3.31. The molecule has 2 aromatic carbocycles. The van der Waals surface area contributed by atoms with E-state index >= 15 is 0 Å². The minimum Gasteiger partial charge on any atom is -0.383 e. The van der Waals surface area contributed by atoms with Gasteiger partial charge in [-0.05, 0) is 50.2 Å². The van der Waals surface area contributed by atoms with E-state index in [-0.39, 0.29) is 4.90 Å². The van der Waals surface area contributed by atoms with Crippen LogP contribution in [0.15, 0.2) is 59.5 Å². The Morgan fingerprint density at radius 2 is 1.45 bits per heavy atom. The SMILES string of the molecule is CC(C)Nc1ccc(S(=O)(=O)Nc2ccccc2)cc1. The van der Waals surface area contributed by atoms with Crippen LogP contribution in [0.5, 0.6) is 0 Å². The van der Waals surface area contributed by atoms with Crippen LogP contribution in [0.3, 0.4) is 0 Å². The number of anilines is 2. The molecular formula is C15H18N2O2S. The van der Waals surface area contributed by atoms with Crippen molar-refractivity contribution >= 4 is 21.4 Å². The van der Waals surface area contributed by atoms with Crippen LogP contribution in [0.1, 0.15) is 13.8 Å². The third-order valence-electron chi connectivity index (χ3n) is 2.65. The number of para-hydroxylation sites is 1. The molecule has 2 rings (SSSR count). The van der Waals surface area contributed by atoms with Crippen molar-refractivity contribution in [2.75, 3.05) is 10.0 Å². The Hall–Kier alpha value is -2.01. The van der Waals surface area contributed by atoms with Crippen LogP contribution in [0.2, 0.25) is 0 Å². The average Bonchev–Trinajstić information content (AvgIpc) is 2.39. The van der Waals surface area contributed by atoms with E-state index in [9.17, 15) is 8.42 Å². The summed E-state index contributed by atoms with van der Waals surface area (Å²) in [6.45, 7) is 4.06. The fourth-order valence-corrected chi connectivity index (χ4v) is 2.84. The molecule has 2 N–H and O–H groups in total. The summed E-state index contributed by atoms with van der Waals surface area (Å²) in [7, 11) is -3.54. The van der Waals surface area contributed by atoms with Crippen molar-refractivity contribution in [2.24, 2.45) is 0 Å². The van der Waals surface area contributed by atoms with Gasteiger partial charge >= 0.3 is 0 Å². The molecule has 0 spiro atoms. The summed E-state index contributed by atoms with van der Waals surface area (Å²) in [5.41, 5.74) is 1.45. The molecule has 0 aromatic heterocycles. The molecule has 5 heteroatoms. The first-order chi connectivity index (χ1) is 9.47. The van der Waals surface area contributed by atoms with Gasteiger partial charge in [0.05, 0.1) is 4.90 Å². The van der Waals surface area contributed by atoms with E-state index in [1.807, 2.05) is 19.9 Å². The zero-order chi connectivity index (χ0) is 14.6. The summed E-state index contributed by atoms with van der Waals surface area (Å²) >= 11 is 0. The van der Waals surface area contributed by atoms with Gasteiger partial charge in [-0.1, -0.05) is 18.2 Å². The number of rotatable bonds is 5. The zero-order valence-electron chi connectivity index (χ0n) is 11.5. The summed E-state index contributed by atoms with van der Waals surface area (Å²) in [6, 6.07) is 15.9. The summed E-state index contributed by atoms with van der Waals surface area (Å²) in [5.74, 6) is 0. The van der Waals surface area contributed by atoms with Gasteiger partial charge in [-0.3, -0.25) is 4.72 Å². The molecule has 0 saturated carbocycles. The first-order valence-corrected chi connectivity index (χ1v) is 7.90. The van der Waals surface area contributed by atoms with Crippen LogP contribution < -0.4 is 10.0 Å². The topological polar surface area (TPSA) is 58.2 Å². The molecular weight excluding hydrogens is 272 g/mol. The summed E-state index contributed by atoms with van der Waals surface area (Å²) in [5, 5.41) is 3.22. The molecule has 0 atom stereocenters. The van der Waals surface area contributed by atoms with Crippen LogP contribution in [-0.4, -0.2) is 14.5 Å². The lowest BCUT2D eigenvalue weighted by Crippen LogP contribution is -2.13. The highest BCUT2D eigenvalue weighted by atomic mass is 32.2. The molecule has 0 saturated heterocycles. The number of nitrogens with one attached hydrogen (secondary N) is 2. The van der Waals surface area contributed by atoms with Crippen LogP contribution in [0.25, 0.3) is 0 Å². The third-order valence-corrected chi connectivity index (χ3v) is 4.04. The first kappa shape index (κ1) is 14.4. The van der Waals surface area contributed by atoms with Crippen molar-refractivity contribution in [2.45, 2.75) is 24.8 Å². The Labute approximate surface area is 119 Å². The lowest BCUT2D eigenvalue weighted by molar-refractivity contribution is 0.601. The number of hydrogen-bond acceptors (Lipinski definition) is 3. The fraction of sp³-hybridized carbons (Fsp3) is 0.200. The molecule has 2 aromatic rings. The molecule has 0 aliphatic rings. The zero-order valence-corrected chi connectivity index (χ0v) is 12.3. The van der Waals surface area contributed by atoms with Gasteiger partial charge in [0.2, 0.25) is 0 Å². The Morgan fingerprint density at radius 3 is 2.00 bits per heavy atom. The van der Waals surface area contributed by atoms with Crippen LogP contribution >= 0.6 is 0 Å². The summed E-state index contributed by atoms with van der Waals surface area (Å²) in [4.78, 5) is 0.246. The normalized spacial score (nSPS) is 11.3. The monoisotopic (exact) mass is 290 g/mol.